The summed E-state index contributed by atoms with van der Waals surface area (Å²) in [5.74, 6) is 0. The van der Waals surface area contributed by atoms with E-state index in [1.165, 1.54) is 4.16 Å². The van der Waals surface area contributed by atoms with Crippen LogP contribution in [0.15, 0.2) is 30.5 Å². The van der Waals surface area contributed by atoms with E-state index in [-0.39, 0.29) is 0 Å². The fourth-order valence-electron chi connectivity index (χ4n) is 1.08. The Kier molecular flexibility index (Phi) is 1.75. The molecule has 12 heavy (non-hydrogen) atoms. The molecular formula is C8H8N3S+. The predicted molar refractivity (Wildman–Crippen MR) is 49.9 cm³/mol. The van der Waals surface area contributed by atoms with Crippen molar-refractivity contribution in [2.45, 2.75) is 0 Å². The first-order valence-electron chi connectivity index (χ1n) is 3.62. The van der Waals surface area contributed by atoms with Crippen LogP contribution in [0.4, 0.5) is 5.69 Å². The quantitative estimate of drug-likeness (QED) is 0.585. The SMILES string of the molecule is S=[N+]1NC=Cc2ccccc2N1. The van der Waals surface area contributed by atoms with E-state index in [0.29, 0.717) is 0 Å². The molecule has 60 valence electrons. The average Bonchev–Trinajstić information content (AvgIpc) is 2.25. The zero-order valence-electron chi connectivity index (χ0n) is 6.32. The molecule has 0 spiro atoms. The molecule has 2 rings (SSSR count). The van der Waals surface area contributed by atoms with Gasteiger partial charge in [0.15, 0.2) is 0 Å². The topological polar surface area (TPSA) is 27.1 Å². The van der Waals surface area contributed by atoms with Crippen LogP contribution in [-0.2, 0) is 12.4 Å². The maximum absolute atomic E-state index is 4.91. The van der Waals surface area contributed by atoms with E-state index in [4.69, 9.17) is 12.4 Å². The van der Waals surface area contributed by atoms with Crippen LogP contribution in [0.3, 0.4) is 0 Å². The van der Waals surface area contributed by atoms with Crippen molar-refractivity contribution in [3.05, 3.63) is 36.0 Å². The predicted octanol–water partition coefficient (Wildman–Crippen LogP) is 1.25. The summed E-state index contributed by atoms with van der Waals surface area (Å²) in [7, 11) is 0. The lowest BCUT2D eigenvalue weighted by atomic mass is 10.2. The lowest BCUT2D eigenvalue weighted by Gasteiger charge is -1.98. The summed E-state index contributed by atoms with van der Waals surface area (Å²) >= 11 is 4.91. The highest BCUT2D eigenvalue weighted by Crippen LogP contribution is 2.16. The minimum Gasteiger partial charge on any atom is -0.131 e. The molecule has 0 atom stereocenters. The van der Waals surface area contributed by atoms with Gasteiger partial charge in [0, 0.05) is 5.56 Å². The van der Waals surface area contributed by atoms with Crippen molar-refractivity contribution < 1.29 is 4.16 Å². The van der Waals surface area contributed by atoms with Crippen molar-refractivity contribution >= 4 is 24.2 Å². The Labute approximate surface area is 75.8 Å². The highest BCUT2D eigenvalue weighted by molar-refractivity contribution is 7.44. The van der Waals surface area contributed by atoms with E-state index in [2.05, 4.69) is 10.9 Å². The lowest BCUT2D eigenvalue weighted by molar-refractivity contribution is -0.517. The fraction of sp³-hybridized carbons (Fsp3) is 0. The largest absolute Gasteiger partial charge is 0.334 e. The van der Waals surface area contributed by atoms with Gasteiger partial charge in [0.2, 0.25) is 0 Å². The van der Waals surface area contributed by atoms with E-state index in [9.17, 15) is 0 Å². The third-order valence-electron chi connectivity index (χ3n) is 1.64. The first-order chi connectivity index (χ1) is 5.86. The van der Waals surface area contributed by atoms with Gasteiger partial charge in [0.1, 0.15) is 5.69 Å². The first kappa shape index (κ1) is 7.24. The van der Waals surface area contributed by atoms with Gasteiger partial charge in [0.05, 0.1) is 10.4 Å². The van der Waals surface area contributed by atoms with Crippen molar-refractivity contribution in [3.63, 3.8) is 0 Å². The Balaban J connectivity index is 2.48. The Morgan fingerprint density at radius 3 is 3.00 bits per heavy atom. The second kappa shape index (κ2) is 2.91. The normalized spacial score (nSPS) is 14.2. The maximum Gasteiger partial charge on any atom is 0.334 e. The molecule has 0 fully saturated rings. The van der Waals surface area contributed by atoms with Crippen LogP contribution in [0.5, 0.6) is 0 Å². The minimum absolute atomic E-state index is 1.01. The van der Waals surface area contributed by atoms with E-state index in [1.807, 2.05) is 30.3 Å². The number of fused-ring (bicyclic) bond motifs is 1. The molecule has 1 aliphatic heterocycles. The van der Waals surface area contributed by atoms with Crippen LogP contribution >= 0.6 is 0 Å². The molecule has 0 unspecified atom stereocenters. The van der Waals surface area contributed by atoms with E-state index >= 15 is 0 Å². The number of anilines is 1. The molecule has 1 aromatic carbocycles. The third kappa shape index (κ3) is 1.29. The molecule has 0 aromatic heterocycles. The molecule has 0 aliphatic carbocycles. The molecule has 0 saturated carbocycles. The second-order valence-electron chi connectivity index (χ2n) is 2.46. The summed E-state index contributed by atoms with van der Waals surface area (Å²) in [6, 6.07) is 7.96. The molecule has 1 heterocycles. The van der Waals surface area contributed by atoms with Crippen molar-refractivity contribution in [3.8, 4) is 0 Å². The van der Waals surface area contributed by atoms with E-state index in [0.717, 1.165) is 11.3 Å². The summed E-state index contributed by atoms with van der Waals surface area (Å²) in [4.78, 5) is 0. The number of rotatable bonds is 0. The fourth-order valence-corrected chi connectivity index (χ4v) is 1.24. The van der Waals surface area contributed by atoms with Gasteiger partial charge >= 0.3 is 12.4 Å². The van der Waals surface area contributed by atoms with Crippen LogP contribution < -0.4 is 10.9 Å². The number of nitrogens with one attached hydrogen (secondary N) is 2. The number of hydrogen-bond acceptors (Lipinski definition) is 1. The summed E-state index contributed by atoms with van der Waals surface area (Å²) in [5, 5.41) is 0. The van der Waals surface area contributed by atoms with Crippen LogP contribution in [-0.4, -0.2) is 4.16 Å². The molecule has 4 heteroatoms. The zero-order valence-corrected chi connectivity index (χ0v) is 7.14. The highest BCUT2D eigenvalue weighted by Gasteiger charge is 2.08. The van der Waals surface area contributed by atoms with Crippen LogP contribution in [0, 0.1) is 0 Å². The molecular weight excluding hydrogens is 170 g/mol. The van der Waals surface area contributed by atoms with Crippen LogP contribution in [0.2, 0.25) is 0 Å². The molecule has 2 N–H and O–H groups in total. The Bertz CT molecular complexity index is 346. The van der Waals surface area contributed by atoms with Crippen molar-refractivity contribution in [1.82, 2.24) is 5.43 Å². The first-order valence-corrected chi connectivity index (χ1v) is 3.98. The van der Waals surface area contributed by atoms with Crippen molar-refractivity contribution in [2.75, 3.05) is 5.43 Å². The molecule has 0 saturated heterocycles. The molecule has 0 amide bonds. The Morgan fingerprint density at radius 2 is 2.08 bits per heavy atom. The molecule has 1 aromatic rings. The van der Waals surface area contributed by atoms with Gasteiger partial charge in [-0.2, -0.15) is 0 Å². The zero-order chi connectivity index (χ0) is 8.39. The smallest absolute Gasteiger partial charge is 0.131 e. The number of benzene rings is 1. The standard InChI is InChI=1S/C8H8N3S/c12-11-9-6-5-7-3-1-2-4-8(7)10-11/h1-6H,(H2,9,10,12)/q+1. The van der Waals surface area contributed by atoms with Gasteiger partial charge < -0.3 is 0 Å². The van der Waals surface area contributed by atoms with Gasteiger partial charge in [-0.15, -0.1) is 10.9 Å². The van der Waals surface area contributed by atoms with Gasteiger partial charge in [0.25, 0.3) is 0 Å². The monoisotopic (exact) mass is 178 g/mol. The molecule has 0 bridgehead atoms. The number of nitrogens with zero attached hydrogens (tertiary/aromatic N) is 1. The molecule has 3 nitrogen and oxygen atoms in total. The van der Waals surface area contributed by atoms with Crippen LogP contribution in [0.1, 0.15) is 5.56 Å². The number of hydrogen-bond donors (Lipinski definition) is 2. The number of hydrazine groups is 2. The average molecular weight is 178 g/mol. The maximum atomic E-state index is 4.91. The van der Waals surface area contributed by atoms with Gasteiger partial charge in [-0.05, 0) is 12.1 Å². The van der Waals surface area contributed by atoms with Crippen molar-refractivity contribution in [2.24, 2.45) is 0 Å². The minimum atomic E-state index is 1.01. The van der Waals surface area contributed by atoms with Gasteiger partial charge in [-0.25, -0.2) is 0 Å². The van der Waals surface area contributed by atoms with Gasteiger partial charge in [-0.3, -0.25) is 0 Å². The van der Waals surface area contributed by atoms with Crippen LogP contribution in [0.25, 0.3) is 6.08 Å². The summed E-state index contributed by atoms with van der Waals surface area (Å²) in [5.41, 5.74) is 7.98. The lowest BCUT2D eigenvalue weighted by Crippen LogP contribution is -2.25. The summed E-state index contributed by atoms with van der Waals surface area (Å²) in [6.45, 7) is 0. The Morgan fingerprint density at radius 1 is 1.25 bits per heavy atom. The van der Waals surface area contributed by atoms with E-state index in [1.54, 1.807) is 6.20 Å². The second-order valence-corrected chi connectivity index (χ2v) is 2.82. The highest BCUT2D eigenvalue weighted by atomic mass is 32.1. The number of para-hydroxylation sites is 1. The molecule has 0 radical (unpaired) electrons. The third-order valence-corrected chi connectivity index (χ3v) is 1.83. The summed E-state index contributed by atoms with van der Waals surface area (Å²) < 4.78 is 1.39. The Hall–Kier alpha value is -1.42. The van der Waals surface area contributed by atoms with Crippen molar-refractivity contribution in [1.29, 1.82) is 0 Å². The van der Waals surface area contributed by atoms with E-state index < -0.39 is 0 Å². The van der Waals surface area contributed by atoms with Gasteiger partial charge in [-0.1, -0.05) is 18.2 Å². The summed E-state index contributed by atoms with van der Waals surface area (Å²) in [6.07, 6.45) is 3.76. The molecule has 1 aliphatic rings.